The molecule has 0 radical (unpaired) electrons. The molecule has 35 heavy (non-hydrogen) atoms. The first-order valence-electron chi connectivity index (χ1n) is 12.2. The summed E-state index contributed by atoms with van der Waals surface area (Å²) < 4.78 is 11.4. The van der Waals surface area contributed by atoms with Crippen molar-refractivity contribution >= 4 is 22.7 Å². The van der Waals surface area contributed by atoms with Crippen LogP contribution in [-0.4, -0.2) is 78.6 Å². The molecule has 2 aliphatic heterocycles. The van der Waals surface area contributed by atoms with Gasteiger partial charge in [-0.05, 0) is 43.2 Å². The van der Waals surface area contributed by atoms with Gasteiger partial charge in [0.05, 0.1) is 23.3 Å². The molecule has 0 unspecified atom stereocenters. The van der Waals surface area contributed by atoms with Crippen LogP contribution in [0.15, 0.2) is 48.5 Å². The van der Waals surface area contributed by atoms with Crippen molar-refractivity contribution < 1.29 is 19.1 Å². The Labute approximate surface area is 203 Å². The lowest BCUT2D eigenvalue weighted by Crippen LogP contribution is -2.51. The molecule has 2 aromatic carbocycles. The minimum atomic E-state index is -0.00975. The second kappa shape index (κ2) is 9.19. The van der Waals surface area contributed by atoms with Gasteiger partial charge in [0, 0.05) is 43.2 Å². The summed E-state index contributed by atoms with van der Waals surface area (Å²) in [5, 5.41) is 3.87. The van der Waals surface area contributed by atoms with Gasteiger partial charge < -0.3 is 19.7 Å². The quantitative estimate of drug-likeness (QED) is 0.615. The first-order valence-corrected chi connectivity index (χ1v) is 12.2. The number of nitrogens with zero attached hydrogens (tertiary/aromatic N) is 3. The van der Waals surface area contributed by atoms with Gasteiger partial charge in [0.15, 0.2) is 11.5 Å². The molecule has 1 aliphatic carbocycles. The molecule has 2 amide bonds. The molecule has 8 nitrogen and oxygen atoms in total. The van der Waals surface area contributed by atoms with Crippen molar-refractivity contribution in [1.29, 1.82) is 0 Å². The fourth-order valence-electron chi connectivity index (χ4n) is 4.69. The van der Waals surface area contributed by atoms with E-state index in [0.29, 0.717) is 63.3 Å². The Morgan fingerprint density at radius 1 is 0.943 bits per heavy atom. The SMILES string of the molecule is O=C(CN1CCN(C(=O)c2cc(-c3ccc4c(c3)OCCO4)nc3ccccc23)CC1)NC1CC1. The van der Waals surface area contributed by atoms with E-state index >= 15 is 0 Å². The number of hydrogen-bond acceptors (Lipinski definition) is 6. The summed E-state index contributed by atoms with van der Waals surface area (Å²) in [5.41, 5.74) is 3.01. The monoisotopic (exact) mass is 472 g/mol. The normalized spacial score (nSPS) is 17.9. The maximum atomic E-state index is 13.7. The van der Waals surface area contributed by atoms with Crippen LogP contribution in [0.5, 0.6) is 11.5 Å². The summed E-state index contributed by atoms with van der Waals surface area (Å²) in [6.07, 6.45) is 2.17. The maximum Gasteiger partial charge on any atom is 0.254 e. The lowest BCUT2D eigenvalue weighted by molar-refractivity contribution is -0.122. The number of nitrogens with one attached hydrogen (secondary N) is 1. The van der Waals surface area contributed by atoms with Crippen LogP contribution in [0.3, 0.4) is 0 Å². The second-order valence-electron chi connectivity index (χ2n) is 9.34. The summed E-state index contributed by atoms with van der Waals surface area (Å²) in [6, 6.07) is 15.8. The summed E-state index contributed by atoms with van der Waals surface area (Å²) in [6.45, 7) is 3.99. The van der Waals surface area contributed by atoms with E-state index in [0.717, 1.165) is 40.8 Å². The van der Waals surface area contributed by atoms with Crippen molar-refractivity contribution in [2.75, 3.05) is 45.9 Å². The highest BCUT2D eigenvalue weighted by molar-refractivity contribution is 6.07. The Morgan fingerprint density at radius 3 is 2.51 bits per heavy atom. The second-order valence-corrected chi connectivity index (χ2v) is 9.34. The van der Waals surface area contributed by atoms with Crippen LogP contribution in [0.4, 0.5) is 0 Å². The third kappa shape index (κ3) is 4.66. The average Bonchev–Trinajstić information content (AvgIpc) is 3.71. The number of para-hydroxylation sites is 1. The van der Waals surface area contributed by atoms with Gasteiger partial charge in [-0.3, -0.25) is 14.5 Å². The van der Waals surface area contributed by atoms with Gasteiger partial charge in [0.2, 0.25) is 5.91 Å². The van der Waals surface area contributed by atoms with Crippen molar-refractivity contribution in [2.24, 2.45) is 0 Å². The van der Waals surface area contributed by atoms with Crippen molar-refractivity contribution in [1.82, 2.24) is 20.1 Å². The Kier molecular flexibility index (Phi) is 5.74. The molecular formula is C27H28N4O4. The van der Waals surface area contributed by atoms with Crippen LogP contribution in [0.25, 0.3) is 22.2 Å². The standard InChI is InChI=1S/C27H28N4O4/c32-26(28-19-6-7-19)17-30-9-11-31(12-10-30)27(33)21-16-23(29-22-4-2-1-3-20(21)22)18-5-8-24-25(15-18)35-14-13-34-24/h1-5,8,15-16,19H,6-7,9-14,17H2,(H,28,32). The minimum Gasteiger partial charge on any atom is -0.486 e. The number of carbonyl (C=O) groups is 2. The van der Waals surface area contributed by atoms with Gasteiger partial charge in [-0.15, -0.1) is 0 Å². The number of aromatic nitrogens is 1. The van der Waals surface area contributed by atoms with Gasteiger partial charge in [0.1, 0.15) is 13.2 Å². The van der Waals surface area contributed by atoms with E-state index < -0.39 is 0 Å². The Hall–Kier alpha value is -3.65. The fraction of sp³-hybridized carbons (Fsp3) is 0.370. The van der Waals surface area contributed by atoms with E-state index in [1.807, 2.05) is 53.4 Å². The molecule has 0 spiro atoms. The molecule has 3 heterocycles. The summed E-state index contributed by atoms with van der Waals surface area (Å²) in [4.78, 5) is 34.7. The molecular weight excluding hydrogens is 444 g/mol. The predicted molar refractivity (Wildman–Crippen MR) is 132 cm³/mol. The third-order valence-electron chi connectivity index (χ3n) is 6.75. The number of fused-ring (bicyclic) bond motifs is 2. The number of piperazine rings is 1. The molecule has 1 saturated heterocycles. The van der Waals surface area contributed by atoms with Crippen molar-refractivity contribution in [3.8, 4) is 22.8 Å². The zero-order valence-corrected chi connectivity index (χ0v) is 19.5. The Bertz CT molecular complexity index is 1280. The van der Waals surface area contributed by atoms with Crippen LogP contribution < -0.4 is 14.8 Å². The number of rotatable bonds is 5. The summed E-state index contributed by atoms with van der Waals surface area (Å²) in [7, 11) is 0. The maximum absolute atomic E-state index is 13.7. The summed E-state index contributed by atoms with van der Waals surface area (Å²) >= 11 is 0. The smallest absolute Gasteiger partial charge is 0.254 e. The van der Waals surface area contributed by atoms with Gasteiger partial charge >= 0.3 is 0 Å². The van der Waals surface area contributed by atoms with Gasteiger partial charge in [0.25, 0.3) is 5.91 Å². The first-order chi connectivity index (χ1) is 17.1. The Balaban J connectivity index is 1.23. The van der Waals surface area contributed by atoms with E-state index in [1.54, 1.807) is 0 Å². The van der Waals surface area contributed by atoms with E-state index in [2.05, 4.69) is 10.2 Å². The van der Waals surface area contributed by atoms with Gasteiger partial charge in [-0.1, -0.05) is 18.2 Å². The molecule has 6 rings (SSSR count). The lowest BCUT2D eigenvalue weighted by atomic mass is 10.0. The van der Waals surface area contributed by atoms with Crippen LogP contribution in [-0.2, 0) is 4.79 Å². The lowest BCUT2D eigenvalue weighted by Gasteiger charge is -2.34. The number of carbonyl (C=O) groups excluding carboxylic acids is 2. The van der Waals surface area contributed by atoms with Crippen molar-refractivity contribution in [2.45, 2.75) is 18.9 Å². The molecule has 1 N–H and O–H groups in total. The minimum absolute atomic E-state index is 0.00975. The molecule has 180 valence electrons. The highest BCUT2D eigenvalue weighted by Crippen LogP contribution is 2.35. The molecule has 1 aromatic heterocycles. The summed E-state index contributed by atoms with van der Waals surface area (Å²) in [5.74, 6) is 1.49. The molecule has 0 atom stereocenters. The predicted octanol–water partition coefficient (Wildman–Crippen LogP) is 2.71. The third-order valence-corrected chi connectivity index (χ3v) is 6.75. The molecule has 2 fully saturated rings. The fourth-order valence-corrected chi connectivity index (χ4v) is 4.69. The van der Waals surface area contributed by atoms with Crippen LogP contribution in [0, 0.1) is 0 Å². The van der Waals surface area contributed by atoms with E-state index in [4.69, 9.17) is 14.5 Å². The van der Waals surface area contributed by atoms with Gasteiger partial charge in [-0.25, -0.2) is 4.98 Å². The first kappa shape index (κ1) is 21.9. The number of amides is 2. The molecule has 3 aromatic rings. The zero-order chi connectivity index (χ0) is 23.8. The van der Waals surface area contributed by atoms with E-state index in [-0.39, 0.29) is 11.8 Å². The highest BCUT2D eigenvalue weighted by atomic mass is 16.6. The largest absolute Gasteiger partial charge is 0.486 e. The van der Waals surface area contributed by atoms with Gasteiger partial charge in [-0.2, -0.15) is 0 Å². The molecule has 1 saturated carbocycles. The van der Waals surface area contributed by atoms with Crippen LogP contribution in [0.2, 0.25) is 0 Å². The van der Waals surface area contributed by atoms with E-state index in [9.17, 15) is 9.59 Å². The highest BCUT2D eigenvalue weighted by Gasteiger charge is 2.27. The molecule has 3 aliphatic rings. The number of ether oxygens (including phenoxy) is 2. The molecule has 8 heteroatoms. The van der Waals surface area contributed by atoms with Crippen LogP contribution in [0.1, 0.15) is 23.2 Å². The number of benzene rings is 2. The topological polar surface area (TPSA) is 84.0 Å². The Morgan fingerprint density at radius 2 is 1.71 bits per heavy atom. The van der Waals surface area contributed by atoms with Crippen molar-refractivity contribution in [3.05, 3.63) is 54.1 Å². The molecule has 0 bridgehead atoms. The number of hydrogen-bond donors (Lipinski definition) is 1. The zero-order valence-electron chi connectivity index (χ0n) is 19.5. The average molecular weight is 473 g/mol. The van der Waals surface area contributed by atoms with Crippen LogP contribution >= 0.6 is 0 Å². The van der Waals surface area contributed by atoms with Crippen molar-refractivity contribution in [3.63, 3.8) is 0 Å². The van der Waals surface area contributed by atoms with E-state index in [1.165, 1.54) is 0 Å². The number of pyridine rings is 1.